The van der Waals surface area contributed by atoms with E-state index in [1.807, 2.05) is 18.2 Å². The SMILES string of the molecule is O=C(COC(=O)COc1ccc2ccc(=O)oc2c1)Nc1ccccc1Oc1ccccc1. The molecule has 1 amide bonds. The summed E-state index contributed by atoms with van der Waals surface area (Å²) in [7, 11) is 0. The van der Waals surface area contributed by atoms with Crippen LogP contribution in [0.1, 0.15) is 0 Å². The lowest BCUT2D eigenvalue weighted by Crippen LogP contribution is -2.23. The van der Waals surface area contributed by atoms with Crippen molar-refractivity contribution in [2.75, 3.05) is 18.5 Å². The molecule has 0 unspecified atom stereocenters. The van der Waals surface area contributed by atoms with E-state index in [1.165, 1.54) is 12.1 Å². The molecule has 0 spiro atoms. The van der Waals surface area contributed by atoms with Gasteiger partial charge in [0.1, 0.15) is 17.1 Å². The van der Waals surface area contributed by atoms with Gasteiger partial charge in [-0.2, -0.15) is 0 Å². The van der Waals surface area contributed by atoms with Gasteiger partial charge in [0.05, 0.1) is 5.69 Å². The smallest absolute Gasteiger partial charge is 0.344 e. The number of esters is 1. The average Bonchev–Trinajstić information content (AvgIpc) is 2.83. The Morgan fingerprint density at radius 3 is 2.42 bits per heavy atom. The highest BCUT2D eigenvalue weighted by Gasteiger charge is 2.12. The third-order valence-electron chi connectivity index (χ3n) is 4.45. The van der Waals surface area contributed by atoms with E-state index in [0.29, 0.717) is 28.5 Å². The van der Waals surface area contributed by atoms with Crippen molar-refractivity contribution in [3.05, 3.63) is 95.3 Å². The second kappa shape index (κ2) is 10.1. The summed E-state index contributed by atoms with van der Waals surface area (Å²) in [4.78, 5) is 35.5. The molecule has 0 aliphatic heterocycles. The van der Waals surface area contributed by atoms with E-state index in [1.54, 1.807) is 54.6 Å². The molecule has 0 aliphatic carbocycles. The lowest BCUT2D eigenvalue weighted by molar-refractivity contribution is -0.149. The number of para-hydroxylation sites is 3. The maximum atomic E-state index is 12.2. The lowest BCUT2D eigenvalue weighted by Gasteiger charge is -2.12. The zero-order chi connectivity index (χ0) is 23.0. The fourth-order valence-electron chi connectivity index (χ4n) is 2.92. The minimum atomic E-state index is -0.728. The molecule has 0 bridgehead atoms. The maximum Gasteiger partial charge on any atom is 0.344 e. The highest BCUT2D eigenvalue weighted by molar-refractivity contribution is 5.94. The van der Waals surface area contributed by atoms with E-state index in [9.17, 15) is 14.4 Å². The highest BCUT2D eigenvalue weighted by Crippen LogP contribution is 2.29. The number of hydrogen-bond donors (Lipinski definition) is 1. The summed E-state index contributed by atoms with van der Waals surface area (Å²) in [6, 6.07) is 23.8. The van der Waals surface area contributed by atoms with Crippen LogP contribution < -0.4 is 20.4 Å². The van der Waals surface area contributed by atoms with Crippen molar-refractivity contribution in [3.63, 3.8) is 0 Å². The van der Waals surface area contributed by atoms with E-state index < -0.39 is 30.7 Å². The van der Waals surface area contributed by atoms with Crippen LogP contribution in [-0.2, 0) is 14.3 Å². The first kappa shape index (κ1) is 21.6. The van der Waals surface area contributed by atoms with Gasteiger partial charge in [0, 0.05) is 17.5 Å². The zero-order valence-corrected chi connectivity index (χ0v) is 17.4. The van der Waals surface area contributed by atoms with Crippen LogP contribution in [0.3, 0.4) is 0 Å². The molecule has 0 saturated carbocycles. The van der Waals surface area contributed by atoms with Crippen LogP contribution in [0.2, 0.25) is 0 Å². The van der Waals surface area contributed by atoms with Crippen LogP contribution in [0.5, 0.6) is 17.2 Å². The Bertz CT molecular complexity index is 1330. The van der Waals surface area contributed by atoms with E-state index in [-0.39, 0.29) is 0 Å². The molecule has 0 aliphatic rings. The summed E-state index contributed by atoms with van der Waals surface area (Å²) in [5, 5.41) is 3.38. The fraction of sp³-hybridized carbons (Fsp3) is 0.0800. The number of carbonyl (C=O) groups is 2. The molecule has 1 aromatic heterocycles. The van der Waals surface area contributed by atoms with Gasteiger partial charge in [-0.1, -0.05) is 30.3 Å². The van der Waals surface area contributed by atoms with Gasteiger partial charge in [-0.25, -0.2) is 9.59 Å². The normalized spacial score (nSPS) is 10.4. The molecule has 0 fully saturated rings. The van der Waals surface area contributed by atoms with Crippen molar-refractivity contribution in [2.24, 2.45) is 0 Å². The number of carbonyl (C=O) groups excluding carboxylic acids is 2. The summed E-state index contributed by atoms with van der Waals surface area (Å²) in [6.07, 6.45) is 0. The predicted octanol–water partition coefficient (Wildman–Crippen LogP) is 4.15. The number of amides is 1. The van der Waals surface area contributed by atoms with Gasteiger partial charge < -0.3 is 23.9 Å². The van der Waals surface area contributed by atoms with Crippen LogP contribution >= 0.6 is 0 Å². The van der Waals surface area contributed by atoms with Crippen molar-refractivity contribution >= 4 is 28.5 Å². The Hall–Kier alpha value is -4.59. The minimum absolute atomic E-state index is 0.324. The topological polar surface area (TPSA) is 104 Å². The van der Waals surface area contributed by atoms with Gasteiger partial charge in [0.25, 0.3) is 5.91 Å². The van der Waals surface area contributed by atoms with E-state index in [2.05, 4.69) is 5.32 Å². The largest absolute Gasteiger partial charge is 0.482 e. The lowest BCUT2D eigenvalue weighted by atomic mass is 10.2. The molecule has 8 heteroatoms. The van der Waals surface area contributed by atoms with Crippen molar-refractivity contribution in [3.8, 4) is 17.2 Å². The van der Waals surface area contributed by atoms with Crippen LogP contribution in [0, 0.1) is 0 Å². The Kier molecular flexibility index (Phi) is 6.65. The third-order valence-corrected chi connectivity index (χ3v) is 4.45. The molecule has 166 valence electrons. The zero-order valence-electron chi connectivity index (χ0n) is 17.4. The second-order valence-corrected chi connectivity index (χ2v) is 6.86. The quantitative estimate of drug-likeness (QED) is 0.321. The number of anilines is 1. The van der Waals surface area contributed by atoms with E-state index >= 15 is 0 Å². The Morgan fingerprint density at radius 1 is 0.818 bits per heavy atom. The Labute approximate surface area is 188 Å². The summed E-state index contributed by atoms with van der Waals surface area (Å²) < 4.78 is 21.2. The van der Waals surface area contributed by atoms with Gasteiger partial charge in [0.15, 0.2) is 19.0 Å². The van der Waals surface area contributed by atoms with Crippen LogP contribution in [0.25, 0.3) is 11.0 Å². The monoisotopic (exact) mass is 445 g/mol. The van der Waals surface area contributed by atoms with Crippen LogP contribution in [-0.4, -0.2) is 25.1 Å². The van der Waals surface area contributed by atoms with Crippen molar-refractivity contribution in [1.82, 2.24) is 0 Å². The highest BCUT2D eigenvalue weighted by atomic mass is 16.6. The maximum absolute atomic E-state index is 12.2. The average molecular weight is 445 g/mol. The van der Waals surface area contributed by atoms with Crippen LogP contribution in [0.15, 0.2) is 94.1 Å². The Morgan fingerprint density at radius 2 is 1.58 bits per heavy atom. The first-order valence-corrected chi connectivity index (χ1v) is 10.0. The standard InChI is InChI=1S/C25H19NO7/c27-23(26-20-8-4-5-9-21(20)32-18-6-2-1-3-7-18)15-31-25(29)16-30-19-12-10-17-11-13-24(28)33-22(17)14-19/h1-14H,15-16H2,(H,26,27). The first-order valence-electron chi connectivity index (χ1n) is 10.0. The molecule has 1 N–H and O–H groups in total. The molecule has 4 rings (SSSR count). The summed E-state index contributed by atoms with van der Waals surface area (Å²) in [6.45, 7) is -0.905. The van der Waals surface area contributed by atoms with E-state index in [4.69, 9.17) is 18.6 Å². The van der Waals surface area contributed by atoms with Crippen molar-refractivity contribution < 1.29 is 28.2 Å². The molecule has 8 nitrogen and oxygen atoms in total. The third kappa shape index (κ3) is 5.98. The first-order chi connectivity index (χ1) is 16.1. The predicted molar refractivity (Wildman–Crippen MR) is 121 cm³/mol. The summed E-state index contributed by atoms with van der Waals surface area (Å²) in [5.41, 5.74) is 0.293. The van der Waals surface area contributed by atoms with Crippen LogP contribution in [0.4, 0.5) is 5.69 Å². The molecular formula is C25H19NO7. The number of rotatable bonds is 8. The van der Waals surface area contributed by atoms with Gasteiger partial charge in [-0.15, -0.1) is 0 Å². The number of benzene rings is 3. The summed E-state index contributed by atoms with van der Waals surface area (Å²) >= 11 is 0. The van der Waals surface area contributed by atoms with E-state index in [0.717, 1.165) is 5.39 Å². The van der Waals surface area contributed by atoms with Gasteiger partial charge in [-0.3, -0.25) is 4.79 Å². The van der Waals surface area contributed by atoms with Gasteiger partial charge in [-0.05, 0) is 42.5 Å². The number of hydrogen-bond acceptors (Lipinski definition) is 7. The molecule has 3 aromatic carbocycles. The van der Waals surface area contributed by atoms with Gasteiger partial charge in [0.2, 0.25) is 0 Å². The van der Waals surface area contributed by atoms with Crippen molar-refractivity contribution in [1.29, 1.82) is 0 Å². The molecule has 0 radical (unpaired) electrons. The molecule has 33 heavy (non-hydrogen) atoms. The fourth-order valence-corrected chi connectivity index (χ4v) is 2.92. The minimum Gasteiger partial charge on any atom is -0.482 e. The second-order valence-electron chi connectivity index (χ2n) is 6.86. The molecule has 1 heterocycles. The Balaban J connectivity index is 1.28. The molecule has 0 saturated heterocycles. The summed E-state index contributed by atoms with van der Waals surface area (Å²) in [5.74, 6) is 0.143. The number of ether oxygens (including phenoxy) is 3. The molecule has 4 aromatic rings. The molecule has 0 atom stereocenters. The van der Waals surface area contributed by atoms with Gasteiger partial charge >= 0.3 is 11.6 Å². The number of nitrogens with one attached hydrogen (secondary N) is 1. The number of fused-ring (bicyclic) bond motifs is 1. The molecular weight excluding hydrogens is 426 g/mol. The van der Waals surface area contributed by atoms with Crippen molar-refractivity contribution in [2.45, 2.75) is 0 Å².